The van der Waals surface area contributed by atoms with Crippen molar-refractivity contribution in [3.63, 3.8) is 0 Å². The minimum absolute atomic E-state index is 0.225. The highest BCUT2D eigenvalue weighted by molar-refractivity contribution is 6.12. The molecule has 1 aliphatic rings. The Kier molecular flexibility index (Phi) is 6.75. The summed E-state index contributed by atoms with van der Waals surface area (Å²) in [6, 6.07) is 0. The van der Waals surface area contributed by atoms with E-state index in [0.717, 1.165) is 0 Å². The van der Waals surface area contributed by atoms with Crippen LogP contribution < -0.4 is 0 Å². The SMILES string of the molecule is C/C=C\CN1C(=O)C=CC1=O.CC(=O)OC(C)(C)C. The number of hydrogen-bond donors (Lipinski definition) is 0. The lowest BCUT2D eigenvalue weighted by molar-refractivity contribution is -0.152. The number of carbonyl (C=O) groups is 3. The molecule has 1 heterocycles. The van der Waals surface area contributed by atoms with Crippen molar-refractivity contribution in [2.45, 2.75) is 40.2 Å². The van der Waals surface area contributed by atoms with Crippen molar-refractivity contribution >= 4 is 17.8 Å². The van der Waals surface area contributed by atoms with E-state index in [4.69, 9.17) is 4.74 Å². The number of rotatable bonds is 2. The molecule has 2 amide bonds. The average Bonchev–Trinajstić information content (AvgIpc) is 2.53. The van der Waals surface area contributed by atoms with Crippen molar-refractivity contribution in [1.82, 2.24) is 4.90 Å². The van der Waals surface area contributed by atoms with Crippen LogP contribution in [0.2, 0.25) is 0 Å². The summed E-state index contributed by atoms with van der Waals surface area (Å²) in [5.41, 5.74) is -0.328. The molecule has 0 aliphatic carbocycles. The molecule has 0 aromatic rings. The van der Waals surface area contributed by atoms with Crippen LogP contribution in [0.1, 0.15) is 34.6 Å². The zero-order valence-corrected chi connectivity index (χ0v) is 12.1. The van der Waals surface area contributed by atoms with Gasteiger partial charge in [0.25, 0.3) is 11.8 Å². The van der Waals surface area contributed by atoms with Crippen molar-refractivity contribution in [2.75, 3.05) is 6.54 Å². The van der Waals surface area contributed by atoms with Crippen molar-refractivity contribution in [3.8, 4) is 0 Å². The van der Waals surface area contributed by atoms with Crippen molar-refractivity contribution in [3.05, 3.63) is 24.3 Å². The molecule has 0 saturated heterocycles. The van der Waals surface area contributed by atoms with Crippen LogP contribution in [0.4, 0.5) is 0 Å². The summed E-state index contributed by atoms with van der Waals surface area (Å²) in [6.45, 7) is 9.15. The first-order chi connectivity index (χ1) is 8.67. The molecule has 5 heteroatoms. The smallest absolute Gasteiger partial charge is 0.303 e. The minimum Gasteiger partial charge on any atom is -0.460 e. The van der Waals surface area contributed by atoms with E-state index in [0.29, 0.717) is 6.54 Å². The minimum atomic E-state index is -0.328. The molecule has 5 nitrogen and oxygen atoms in total. The van der Waals surface area contributed by atoms with Crippen LogP contribution in [0.15, 0.2) is 24.3 Å². The van der Waals surface area contributed by atoms with Crippen LogP contribution in [-0.2, 0) is 19.1 Å². The van der Waals surface area contributed by atoms with Gasteiger partial charge in [0.2, 0.25) is 0 Å². The molecule has 0 N–H and O–H groups in total. The first-order valence-electron chi connectivity index (χ1n) is 6.01. The van der Waals surface area contributed by atoms with Gasteiger partial charge >= 0.3 is 5.97 Å². The van der Waals surface area contributed by atoms with E-state index in [-0.39, 0.29) is 23.4 Å². The van der Waals surface area contributed by atoms with E-state index in [9.17, 15) is 14.4 Å². The number of allylic oxidation sites excluding steroid dienone is 1. The van der Waals surface area contributed by atoms with Crippen LogP contribution in [-0.4, -0.2) is 34.8 Å². The van der Waals surface area contributed by atoms with Gasteiger partial charge in [0.15, 0.2) is 0 Å². The van der Waals surface area contributed by atoms with Crippen LogP contribution >= 0.6 is 0 Å². The van der Waals surface area contributed by atoms with Gasteiger partial charge in [-0.1, -0.05) is 12.2 Å². The van der Waals surface area contributed by atoms with Gasteiger partial charge in [-0.25, -0.2) is 0 Å². The molecule has 0 unspecified atom stereocenters. The maximum atomic E-state index is 10.9. The third kappa shape index (κ3) is 7.91. The molecular formula is C14H21NO4. The van der Waals surface area contributed by atoms with Gasteiger partial charge in [0.1, 0.15) is 5.60 Å². The first kappa shape index (κ1) is 17.1. The van der Waals surface area contributed by atoms with Crippen molar-refractivity contribution in [1.29, 1.82) is 0 Å². The van der Waals surface area contributed by atoms with Crippen molar-refractivity contribution < 1.29 is 19.1 Å². The number of esters is 1. The highest BCUT2D eigenvalue weighted by Gasteiger charge is 2.21. The Bertz CT molecular complexity index is 384. The molecule has 1 aliphatic heterocycles. The number of amides is 2. The highest BCUT2D eigenvalue weighted by Crippen LogP contribution is 2.05. The molecule has 0 radical (unpaired) electrons. The fourth-order valence-corrected chi connectivity index (χ4v) is 1.25. The van der Waals surface area contributed by atoms with E-state index in [1.807, 2.05) is 27.7 Å². The Labute approximate surface area is 113 Å². The summed E-state index contributed by atoms with van der Waals surface area (Å²) >= 11 is 0. The van der Waals surface area contributed by atoms with Crippen molar-refractivity contribution in [2.24, 2.45) is 0 Å². The number of imide groups is 1. The van der Waals surface area contributed by atoms with Gasteiger partial charge < -0.3 is 4.74 Å². The lowest BCUT2D eigenvalue weighted by Gasteiger charge is -2.17. The quantitative estimate of drug-likeness (QED) is 0.435. The molecule has 1 rings (SSSR count). The zero-order chi connectivity index (χ0) is 15.1. The second kappa shape index (κ2) is 7.51. The predicted octanol–water partition coefficient (Wildman–Crippen LogP) is 1.84. The fourth-order valence-electron chi connectivity index (χ4n) is 1.25. The molecule has 0 fully saturated rings. The molecule has 106 valence electrons. The van der Waals surface area contributed by atoms with Crippen LogP contribution in [0.5, 0.6) is 0 Å². The molecule has 0 aromatic heterocycles. The molecular weight excluding hydrogens is 246 g/mol. The fraction of sp³-hybridized carbons (Fsp3) is 0.500. The standard InChI is InChI=1S/C8H9NO2.C6H12O2/c1-2-3-6-9-7(10)4-5-8(9)11;1-5(7)8-6(2,3)4/h2-5H,6H2,1H3;1-4H3/b3-2-;. The average molecular weight is 267 g/mol. The van der Waals surface area contributed by atoms with E-state index in [1.165, 1.54) is 24.0 Å². The summed E-state index contributed by atoms with van der Waals surface area (Å²) < 4.78 is 4.80. The van der Waals surface area contributed by atoms with E-state index >= 15 is 0 Å². The second-order valence-electron chi connectivity index (χ2n) is 4.90. The maximum absolute atomic E-state index is 10.9. The third-order valence-corrected chi connectivity index (χ3v) is 1.87. The number of carbonyl (C=O) groups excluding carboxylic acids is 3. The van der Waals surface area contributed by atoms with Crippen LogP contribution in [0, 0.1) is 0 Å². The first-order valence-corrected chi connectivity index (χ1v) is 6.01. The Morgan fingerprint density at radius 1 is 1.26 bits per heavy atom. The molecule has 0 saturated carbocycles. The van der Waals surface area contributed by atoms with E-state index < -0.39 is 0 Å². The number of nitrogens with zero attached hydrogens (tertiary/aromatic N) is 1. The third-order valence-electron chi connectivity index (χ3n) is 1.87. The highest BCUT2D eigenvalue weighted by atomic mass is 16.6. The van der Waals surface area contributed by atoms with Gasteiger partial charge in [-0.15, -0.1) is 0 Å². The maximum Gasteiger partial charge on any atom is 0.303 e. The van der Waals surface area contributed by atoms with Crippen LogP contribution in [0.3, 0.4) is 0 Å². The number of ether oxygens (including phenoxy) is 1. The Hall–Kier alpha value is -1.91. The van der Waals surface area contributed by atoms with Crippen LogP contribution in [0.25, 0.3) is 0 Å². The van der Waals surface area contributed by atoms with Gasteiger partial charge in [0.05, 0.1) is 0 Å². The lowest BCUT2D eigenvalue weighted by Crippen LogP contribution is -2.29. The molecule has 0 bridgehead atoms. The summed E-state index contributed by atoms with van der Waals surface area (Å²) in [6.07, 6.45) is 6.14. The Morgan fingerprint density at radius 3 is 2.00 bits per heavy atom. The summed E-state index contributed by atoms with van der Waals surface area (Å²) in [7, 11) is 0. The molecule has 0 atom stereocenters. The molecule has 19 heavy (non-hydrogen) atoms. The Balaban J connectivity index is 0.000000362. The summed E-state index contributed by atoms with van der Waals surface area (Å²) in [4.78, 5) is 33.2. The second-order valence-corrected chi connectivity index (χ2v) is 4.90. The summed E-state index contributed by atoms with van der Waals surface area (Å²) in [5, 5.41) is 0. The predicted molar refractivity (Wildman–Crippen MR) is 72.2 cm³/mol. The van der Waals surface area contributed by atoms with Gasteiger partial charge in [-0.3, -0.25) is 19.3 Å². The van der Waals surface area contributed by atoms with E-state index in [2.05, 4.69) is 0 Å². The van der Waals surface area contributed by atoms with Gasteiger partial charge in [-0.2, -0.15) is 0 Å². The molecule has 0 aromatic carbocycles. The topological polar surface area (TPSA) is 63.7 Å². The monoisotopic (exact) mass is 267 g/mol. The number of hydrogen-bond acceptors (Lipinski definition) is 4. The largest absolute Gasteiger partial charge is 0.460 e. The normalized spacial score (nSPS) is 14.7. The van der Waals surface area contributed by atoms with E-state index in [1.54, 1.807) is 12.2 Å². The lowest BCUT2D eigenvalue weighted by atomic mass is 10.2. The zero-order valence-electron chi connectivity index (χ0n) is 12.1. The van der Waals surface area contributed by atoms with Gasteiger partial charge in [0, 0.05) is 25.6 Å². The van der Waals surface area contributed by atoms with Gasteiger partial charge in [-0.05, 0) is 27.7 Å². The Morgan fingerprint density at radius 2 is 1.74 bits per heavy atom. The summed E-state index contributed by atoms with van der Waals surface area (Å²) in [5.74, 6) is -0.682. The molecule has 0 spiro atoms.